The van der Waals surface area contributed by atoms with E-state index in [9.17, 15) is 0 Å². The molecule has 0 aliphatic heterocycles. The van der Waals surface area contributed by atoms with E-state index in [4.69, 9.17) is 10.0 Å². The molecule has 0 atom stereocenters. The Morgan fingerprint density at radius 3 is 2.79 bits per heavy atom. The van der Waals surface area contributed by atoms with Crippen LogP contribution >= 0.6 is 11.3 Å². The maximum atomic E-state index is 9.00. The molecule has 72 valence electrons. The van der Waals surface area contributed by atoms with Gasteiger partial charge in [0.25, 0.3) is 0 Å². The van der Waals surface area contributed by atoms with Gasteiger partial charge >= 0.3 is 7.12 Å². The fourth-order valence-corrected chi connectivity index (χ4v) is 1.68. The van der Waals surface area contributed by atoms with Crippen LogP contribution in [0.2, 0.25) is 0 Å². The molecule has 2 aromatic rings. The fourth-order valence-electron chi connectivity index (χ4n) is 1.16. The average Bonchev–Trinajstić information content (AvgIpc) is 2.70. The zero-order chi connectivity index (χ0) is 10.1. The number of thiazole rings is 1. The molecule has 0 fully saturated rings. The van der Waals surface area contributed by atoms with Crippen LogP contribution in [0.4, 0.5) is 0 Å². The minimum Gasteiger partial charge on any atom is -0.423 e. The molecular weight excluding hydrogens is 201 g/mol. The van der Waals surface area contributed by atoms with E-state index in [1.165, 1.54) is 16.0 Å². The topological polar surface area (TPSA) is 71.2 Å². The molecule has 0 saturated heterocycles. The monoisotopic (exact) mass is 209 g/mol. The molecule has 2 aromatic heterocycles. The predicted molar refractivity (Wildman–Crippen MR) is 53.8 cm³/mol. The molecule has 0 aliphatic carbocycles. The number of aryl methyl sites for hydroxylation is 1. The molecule has 0 spiro atoms. The summed E-state index contributed by atoms with van der Waals surface area (Å²) in [5.74, 6) is 0.685. The summed E-state index contributed by atoms with van der Waals surface area (Å²) in [6.07, 6.45) is 1.56. The highest BCUT2D eigenvalue weighted by Gasteiger charge is 2.18. The molecule has 2 N–H and O–H groups in total. The molecule has 7 heteroatoms. The standard InChI is InChI=1S/C7H8BN3O2S/c1-5-6(8(12)13)2-11(10-5)7-3-14-4-9-7/h2-4,12-13H,1H3. The molecule has 14 heavy (non-hydrogen) atoms. The predicted octanol–water partition coefficient (Wildman–Crippen LogP) is -0.683. The highest BCUT2D eigenvalue weighted by molar-refractivity contribution is 7.07. The number of nitrogens with zero attached hydrogens (tertiary/aromatic N) is 3. The SMILES string of the molecule is Cc1nn(-c2cscn2)cc1B(O)O. The average molecular weight is 209 g/mol. The Kier molecular flexibility index (Phi) is 2.36. The van der Waals surface area contributed by atoms with Gasteiger partial charge in [-0.1, -0.05) is 0 Å². The van der Waals surface area contributed by atoms with E-state index < -0.39 is 7.12 Å². The molecule has 0 aliphatic rings. The molecule has 2 rings (SSSR count). The molecule has 0 unspecified atom stereocenters. The Labute approximate surface area is 84.8 Å². The minimum absolute atomic E-state index is 0.401. The van der Waals surface area contributed by atoms with E-state index in [2.05, 4.69) is 10.1 Å². The molecule has 2 heterocycles. The van der Waals surface area contributed by atoms with Crippen LogP contribution in [0, 0.1) is 6.92 Å². The highest BCUT2D eigenvalue weighted by atomic mass is 32.1. The van der Waals surface area contributed by atoms with Crippen LogP contribution in [0.5, 0.6) is 0 Å². The van der Waals surface area contributed by atoms with E-state index in [0.29, 0.717) is 17.0 Å². The summed E-state index contributed by atoms with van der Waals surface area (Å²) in [5.41, 5.74) is 2.69. The van der Waals surface area contributed by atoms with E-state index >= 15 is 0 Å². The van der Waals surface area contributed by atoms with Gasteiger partial charge in [-0.25, -0.2) is 9.67 Å². The van der Waals surface area contributed by atoms with Crippen molar-refractivity contribution < 1.29 is 10.0 Å². The summed E-state index contributed by atoms with van der Waals surface area (Å²) < 4.78 is 1.53. The summed E-state index contributed by atoms with van der Waals surface area (Å²) >= 11 is 1.46. The first-order chi connectivity index (χ1) is 6.68. The van der Waals surface area contributed by atoms with Crippen molar-refractivity contribution in [3.8, 4) is 5.82 Å². The van der Waals surface area contributed by atoms with E-state index in [1.807, 2.05) is 5.38 Å². The first kappa shape index (κ1) is 9.38. The zero-order valence-electron chi connectivity index (χ0n) is 7.45. The van der Waals surface area contributed by atoms with Gasteiger partial charge in [-0.05, 0) is 6.92 Å². The van der Waals surface area contributed by atoms with Crippen LogP contribution in [0.1, 0.15) is 5.69 Å². The second-order valence-electron chi connectivity index (χ2n) is 2.83. The van der Waals surface area contributed by atoms with Gasteiger partial charge < -0.3 is 10.0 Å². The van der Waals surface area contributed by atoms with Gasteiger partial charge in [0.15, 0.2) is 5.82 Å². The number of hydrogen-bond acceptors (Lipinski definition) is 5. The van der Waals surface area contributed by atoms with Crippen LogP contribution in [-0.2, 0) is 0 Å². The van der Waals surface area contributed by atoms with Crippen molar-refractivity contribution in [2.75, 3.05) is 0 Å². The largest absolute Gasteiger partial charge is 0.491 e. The van der Waals surface area contributed by atoms with Crippen molar-refractivity contribution >= 4 is 23.9 Å². The van der Waals surface area contributed by atoms with E-state index in [1.54, 1.807) is 18.6 Å². The van der Waals surface area contributed by atoms with Gasteiger partial charge in [0.2, 0.25) is 0 Å². The third-order valence-electron chi connectivity index (χ3n) is 1.87. The quantitative estimate of drug-likeness (QED) is 0.642. The lowest BCUT2D eigenvalue weighted by Crippen LogP contribution is -2.30. The van der Waals surface area contributed by atoms with Gasteiger partial charge in [-0.2, -0.15) is 5.10 Å². The lowest BCUT2D eigenvalue weighted by atomic mass is 9.81. The Morgan fingerprint density at radius 2 is 2.29 bits per heavy atom. The van der Waals surface area contributed by atoms with Gasteiger partial charge in [0.1, 0.15) is 0 Å². The summed E-state index contributed by atoms with van der Waals surface area (Å²) in [7, 11) is -1.48. The minimum atomic E-state index is -1.48. The van der Waals surface area contributed by atoms with Gasteiger partial charge in [-0.15, -0.1) is 11.3 Å². The lowest BCUT2D eigenvalue weighted by Gasteiger charge is -1.92. The molecule has 5 nitrogen and oxygen atoms in total. The van der Waals surface area contributed by atoms with Crippen LogP contribution in [0.15, 0.2) is 17.1 Å². The maximum Gasteiger partial charge on any atom is 0.491 e. The van der Waals surface area contributed by atoms with Crippen molar-refractivity contribution in [2.45, 2.75) is 6.92 Å². The van der Waals surface area contributed by atoms with Gasteiger partial charge in [0, 0.05) is 17.0 Å². The smallest absolute Gasteiger partial charge is 0.423 e. The van der Waals surface area contributed by atoms with Gasteiger partial charge in [-0.3, -0.25) is 0 Å². The molecule has 0 amide bonds. The Hall–Kier alpha value is -1.18. The highest BCUT2D eigenvalue weighted by Crippen LogP contribution is 2.06. The molecular formula is C7H8BN3O2S. The third-order valence-corrected chi connectivity index (χ3v) is 2.44. The fraction of sp³-hybridized carbons (Fsp3) is 0.143. The molecule has 0 saturated carbocycles. The maximum absolute atomic E-state index is 9.00. The van der Waals surface area contributed by atoms with Crippen LogP contribution in [0.25, 0.3) is 5.82 Å². The summed E-state index contributed by atoms with van der Waals surface area (Å²) in [4.78, 5) is 4.06. The van der Waals surface area contributed by atoms with E-state index in [-0.39, 0.29) is 0 Å². The van der Waals surface area contributed by atoms with Crippen molar-refractivity contribution in [3.63, 3.8) is 0 Å². The second-order valence-corrected chi connectivity index (χ2v) is 3.55. The van der Waals surface area contributed by atoms with Crippen molar-refractivity contribution in [1.82, 2.24) is 14.8 Å². The first-order valence-corrected chi connectivity index (χ1v) is 4.93. The van der Waals surface area contributed by atoms with Crippen molar-refractivity contribution in [1.29, 1.82) is 0 Å². The van der Waals surface area contributed by atoms with Crippen LogP contribution in [0.3, 0.4) is 0 Å². The van der Waals surface area contributed by atoms with Crippen molar-refractivity contribution in [3.05, 3.63) is 22.8 Å². The number of hydrogen-bond donors (Lipinski definition) is 2. The Morgan fingerprint density at radius 1 is 1.50 bits per heavy atom. The first-order valence-electron chi connectivity index (χ1n) is 3.99. The molecule has 0 radical (unpaired) electrons. The second kappa shape index (κ2) is 3.53. The molecule has 0 bridgehead atoms. The Balaban J connectivity index is 2.43. The summed E-state index contributed by atoms with van der Waals surface area (Å²) in [5, 5.41) is 23.9. The zero-order valence-corrected chi connectivity index (χ0v) is 8.27. The summed E-state index contributed by atoms with van der Waals surface area (Å²) in [6.45, 7) is 1.72. The molecule has 0 aromatic carbocycles. The number of aromatic nitrogens is 3. The lowest BCUT2D eigenvalue weighted by molar-refractivity contribution is 0.425. The van der Waals surface area contributed by atoms with Crippen LogP contribution in [-0.4, -0.2) is 31.9 Å². The normalized spacial score (nSPS) is 10.5. The van der Waals surface area contributed by atoms with E-state index in [0.717, 1.165) is 0 Å². The Bertz CT molecular complexity index is 426. The van der Waals surface area contributed by atoms with Gasteiger partial charge in [0.05, 0.1) is 11.2 Å². The van der Waals surface area contributed by atoms with Crippen LogP contribution < -0.4 is 5.46 Å². The summed E-state index contributed by atoms with van der Waals surface area (Å²) in [6, 6.07) is 0. The third kappa shape index (κ3) is 1.57. The van der Waals surface area contributed by atoms with Crippen molar-refractivity contribution in [2.24, 2.45) is 0 Å². The number of rotatable bonds is 2.